The molecule has 2 aromatic heterocycles. The third-order valence-electron chi connectivity index (χ3n) is 8.98. The first-order valence-corrected chi connectivity index (χ1v) is 15.0. The first-order chi connectivity index (χ1) is 22.1. The molecule has 4 aromatic rings. The number of nitrogens with one attached hydrogen (secondary N) is 1. The van der Waals surface area contributed by atoms with Crippen LogP contribution in [0.2, 0.25) is 0 Å². The molecule has 0 bridgehead atoms. The highest BCUT2D eigenvalue weighted by Gasteiger charge is 2.47. The summed E-state index contributed by atoms with van der Waals surface area (Å²) in [4.78, 5) is 22.0. The number of rotatable bonds is 8. The molecule has 1 N–H and O–H groups in total. The zero-order chi connectivity index (χ0) is 32.2. The minimum atomic E-state index is -4.65. The fourth-order valence-corrected chi connectivity index (χ4v) is 6.64. The third kappa shape index (κ3) is 5.33. The van der Waals surface area contributed by atoms with Gasteiger partial charge in [-0.1, -0.05) is 0 Å². The Labute approximate surface area is 262 Å². The van der Waals surface area contributed by atoms with Gasteiger partial charge in [0.15, 0.2) is 5.82 Å². The Hall–Kier alpha value is -5.27. The normalized spacial score (nSPS) is 18.7. The zero-order valence-corrected chi connectivity index (χ0v) is 24.8. The van der Waals surface area contributed by atoms with Crippen molar-refractivity contribution in [1.82, 2.24) is 24.6 Å². The first-order valence-electron chi connectivity index (χ1n) is 15.0. The second-order valence-corrected chi connectivity index (χ2v) is 12.0. The minimum absolute atomic E-state index is 0.0220. The molecule has 1 aliphatic carbocycles. The number of alkyl halides is 3. The van der Waals surface area contributed by atoms with E-state index in [2.05, 4.69) is 37.5 Å². The van der Waals surface area contributed by atoms with E-state index in [1.807, 2.05) is 0 Å². The summed E-state index contributed by atoms with van der Waals surface area (Å²) in [6.07, 6.45) is -0.794. The first kappa shape index (κ1) is 29.4. The van der Waals surface area contributed by atoms with Gasteiger partial charge < -0.3 is 9.88 Å². The van der Waals surface area contributed by atoms with Crippen LogP contribution in [-0.2, 0) is 26.3 Å². The topological polar surface area (TPSA) is 127 Å². The summed E-state index contributed by atoms with van der Waals surface area (Å²) in [6.45, 7) is 1.16. The van der Waals surface area contributed by atoms with Crippen LogP contribution in [0.1, 0.15) is 51.9 Å². The van der Waals surface area contributed by atoms with Crippen molar-refractivity contribution in [1.29, 1.82) is 10.5 Å². The summed E-state index contributed by atoms with van der Waals surface area (Å²) >= 11 is 0. The number of carbonyl (C=O) groups is 1. The van der Waals surface area contributed by atoms with Crippen LogP contribution >= 0.6 is 0 Å². The van der Waals surface area contributed by atoms with Crippen LogP contribution in [0.3, 0.4) is 0 Å². The second-order valence-electron chi connectivity index (χ2n) is 12.0. The van der Waals surface area contributed by atoms with Gasteiger partial charge in [0.25, 0.3) is 5.91 Å². The van der Waals surface area contributed by atoms with E-state index >= 15 is 0 Å². The van der Waals surface area contributed by atoms with Gasteiger partial charge in [-0.15, -0.1) is 10.2 Å². The second kappa shape index (κ2) is 11.3. The fourth-order valence-electron chi connectivity index (χ4n) is 6.64. The smallest absolute Gasteiger partial charge is 0.369 e. The Bertz CT molecular complexity index is 1960. The van der Waals surface area contributed by atoms with E-state index in [0.717, 1.165) is 19.4 Å². The van der Waals surface area contributed by atoms with Crippen molar-refractivity contribution >= 4 is 17.5 Å². The SMILES string of the molecule is Cn1cnnc1-c1ccc(C#N)cc1-c1cc(NCCC#N)nc(N2Cc3c(cc(CN4CCC5CC54)cc3C(F)(F)F)C2=O)c1. The molecule has 4 heterocycles. The summed E-state index contributed by atoms with van der Waals surface area (Å²) in [6, 6.07) is 15.8. The number of aryl methyl sites for hydroxylation is 1. The van der Waals surface area contributed by atoms with Crippen LogP contribution in [0.25, 0.3) is 22.5 Å². The highest BCUT2D eigenvalue weighted by atomic mass is 19.4. The van der Waals surface area contributed by atoms with Gasteiger partial charge in [-0.3, -0.25) is 14.6 Å². The maximum Gasteiger partial charge on any atom is 0.416 e. The Morgan fingerprint density at radius 3 is 2.61 bits per heavy atom. The van der Waals surface area contributed by atoms with Crippen molar-refractivity contribution in [2.45, 2.75) is 44.6 Å². The highest BCUT2D eigenvalue weighted by Crippen LogP contribution is 2.46. The number of halogens is 3. The number of amides is 1. The van der Waals surface area contributed by atoms with E-state index in [4.69, 9.17) is 5.26 Å². The molecule has 2 unspecified atom stereocenters. The number of fused-ring (bicyclic) bond motifs is 2. The van der Waals surface area contributed by atoms with E-state index in [1.165, 1.54) is 11.0 Å². The third-order valence-corrected chi connectivity index (χ3v) is 8.98. The van der Waals surface area contributed by atoms with Crippen molar-refractivity contribution in [3.63, 3.8) is 0 Å². The van der Waals surface area contributed by atoms with Crippen LogP contribution < -0.4 is 10.2 Å². The summed E-state index contributed by atoms with van der Waals surface area (Å²) in [5, 5.41) is 30.0. The maximum atomic E-state index is 14.4. The van der Waals surface area contributed by atoms with Crippen LogP contribution in [0.15, 0.2) is 48.8 Å². The highest BCUT2D eigenvalue weighted by molar-refractivity contribution is 6.10. The van der Waals surface area contributed by atoms with Gasteiger partial charge in [-0.25, -0.2) is 4.98 Å². The van der Waals surface area contributed by atoms with Gasteiger partial charge in [0.2, 0.25) is 0 Å². The van der Waals surface area contributed by atoms with E-state index in [0.29, 0.717) is 58.0 Å². The molecule has 2 aliphatic heterocycles. The standard InChI is InChI=1S/C33H28F3N9O/c1-43-18-40-42-31(43)23-4-3-19(15-38)9-24(23)22-13-29(39-7-2-6-37)41-30(14-22)45-17-26-25(32(45)46)10-20(11-27(26)33(34,35)36)16-44-8-5-21-12-28(21)44/h3-4,9-11,13-14,18,21,28H,2,5,7-8,12,16-17H2,1H3,(H,39,41). The van der Waals surface area contributed by atoms with Crippen molar-refractivity contribution in [2.24, 2.45) is 13.0 Å². The lowest BCUT2D eigenvalue weighted by atomic mass is 9.97. The molecule has 13 heteroatoms. The molecular weight excluding hydrogens is 595 g/mol. The van der Waals surface area contributed by atoms with E-state index < -0.39 is 17.6 Å². The van der Waals surface area contributed by atoms with Gasteiger partial charge in [-0.05, 0) is 90.0 Å². The Balaban J connectivity index is 1.31. The lowest BCUT2D eigenvalue weighted by Crippen LogP contribution is -2.25. The number of hydrogen-bond donors (Lipinski definition) is 1. The summed E-state index contributed by atoms with van der Waals surface area (Å²) < 4.78 is 45.1. The molecule has 3 aliphatic rings. The lowest BCUT2D eigenvalue weighted by Gasteiger charge is -2.20. The molecular formula is C33H28F3N9O. The molecule has 10 nitrogen and oxygen atoms in total. The van der Waals surface area contributed by atoms with Gasteiger partial charge in [0, 0.05) is 37.3 Å². The fraction of sp³-hybridized carbons (Fsp3) is 0.333. The monoisotopic (exact) mass is 623 g/mol. The van der Waals surface area contributed by atoms with Crippen molar-refractivity contribution in [3.8, 4) is 34.7 Å². The molecule has 46 heavy (non-hydrogen) atoms. The van der Waals surface area contributed by atoms with Gasteiger partial charge in [0.1, 0.15) is 18.0 Å². The molecule has 1 saturated carbocycles. The van der Waals surface area contributed by atoms with Gasteiger partial charge in [0.05, 0.1) is 36.2 Å². The minimum Gasteiger partial charge on any atom is -0.369 e. The van der Waals surface area contributed by atoms with Crippen molar-refractivity contribution in [3.05, 3.63) is 76.6 Å². The number of benzene rings is 2. The maximum absolute atomic E-state index is 14.4. The molecule has 2 fully saturated rings. The number of aromatic nitrogens is 4. The van der Waals surface area contributed by atoms with E-state index in [-0.39, 0.29) is 36.5 Å². The number of carbonyl (C=O) groups excluding carboxylic acids is 1. The average molecular weight is 624 g/mol. The average Bonchev–Trinajstić information content (AvgIpc) is 3.32. The predicted octanol–water partition coefficient (Wildman–Crippen LogP) is 5.51. The van der Waals surface area contributed by atoms with Crippen LogP contribution in [0.4, 0.5) is 24.8 Å². The van der Waals surface area contributed by atoms with Crippen LogP contribution in [-0.4, -0.2) is 49.7 Å². The van der Waals surface area contributed by atoms with Gasteiger partial charge in [-0.2, -0.15) is 23.7 Å². The number of likely N-dealkylation sites (tertiary alicyclic amines) is 1. The summed E-state index contributed by atoms with van der Waals surface area (Å²) in [5.41, 5.74) is 1.77. The van der Waals surface area contributed by atoms with E-state index in [1.54, 1.807) is 54.3 Å². The number of anilines is 2. The van der Waals surface area contributed by atoms with Crippen LogP contribution in [0.5, 0.6) is 0 Å². The number of nitriles is 2. The summed E-state index contributed by atoms with van der Waals surface area (Å²) in [7, 11) is 1.78. The quantitative estimate of drug-likeness (QED) is 0.255. The molecule has 2 aromatic carbocycles. The molecule has 1 saturated heterocycles. The number of pyridine rings is 1. The Kier molecular flexibility index (Phi) is 7.21. The van der Waals surface area contributed by atoms with E-state index in [9.17, 15) is 23.2 Å². The van der Waals surface area contributed by atoms with Gasteiger partial charge >= 0.3 is 6.18 Å². The number of nitrogens with zero attached hydrogens (tertiary/aromatic N) is 8. The Morgan fingerprint density at radius 2 is 1.93 bits per heavy atom. The Morgan fingerprint density at radius 1 is 1.09 bits per heavy atom. The molecule has 7 rings (SSSR count). The summed E-state index contributed by atoms with van der Waals surface area (Å²) in [5.74, 6) is 1.05. The van der Waals surface area contributed by atoms with Crippen molar-refractivity contribution in [2.75, 3.05) is 23.3 Å². The molecule has 2 atom stereocenters. The zero-order valence-electron chi connectivity index (χ0n) is 24.8. The van der Waals surface area contributed by atoms with Crippen molar-refractivity contribution < 1.29 is 18.0 Å². The lowest BCUT2D eigenvalue weighted by molar-refractivity contribution is -0.138. The number of piperidine rings is 1. The molecule has 0 radical (unpaired) electrons. The molecule has 1 amide bonds. The predicted molar refractivity (Wildman–Crippen MR) is 162 cm³/mol. The molecule has 232 valence electrons. The number of hydrogen-bond acceptors (Lipinski definition) is 8. The molecule has 0 spiro atoms. The van der Waals surface area contributed by atoms with Crippen LogP contribution in [0, 0.1) is 28.6 Å². The largest absolute Gasteiger partial charge is 0.416 e.